The second-order valence-electron chi connectivity index (χ2n) is 8.21. The molecule has 4 aromatic carbocycles. The summed E-state index contributed by atoms with van der Waals surface area (Å²) in [4.78, 5) is 0. The van der Waals surface area contributed by atoms with Gasteiger partial charge < -0.3 is 22.8 Å². The zero-order chi connectivity index (χ0) is 24.1. The van der Waals surface area contributed by atoms with E-state index in [1.807, 2.05) is 12.1 Å². The van der Waals surface area contributed by atoms with Crippen molar-refractivity contribution in [3.05, 3.63) is 72.3 Å². The monoisotopic (exact) mass is 476 g/mol. The Balaban J connectivity index is 1.77. The molecule has 0 fully saturated rings. The second kappa shape index (κ2) is 10.6. The Kier molecular flexibility index (Phi) is 7.53. The molecule has 6 heteroatoms. The Morgan fingerprint density at radius 3 is 1.82 bits per heavy atom. The lowest BCUT2D eigenvalue weighted by Crippen LogP contribution is -2.42. The van der Waals surface area contributed by atoms with Crippen LogP contribution in [0.5, 0.6) is 11.5 Å². The van der Waals surface area contributed by atoms with Crippen LogP contribution in [-0.2, 0) is 19.7 Å². The summed E-state index contributed by atoms with van der Waals surface area (Å²) in [7, 11) is 5.85. The molecular weight excluding hydrogens is 444 g/mol. The Morgan fingerprint density at radius 2 is 1.21 bits per heavy atom. The van der Waals surface area contributed by atoms with Crippen molar-refractivity contribution < 1.29 is 22.8 Å². The highest BCUT2D eigenvalue weighted by molar-refractivity contribution is 6.60. The molecular formula is C28H32O5Si. The summed E-state index contributed by atoms with van der Waals surface area (Å²) < 4.78 is 28.3. The highest BCUT2D eigenvalue weighted by Crippen LogP contribution is 2.45. The first kappa shape index (κ1) is 24.2. The Bertz CT molecular complexity index is 1270. The lowest BCUT2D eigenvalue weighted by molar-refractivity contribution is 0.123. The van der Waals surface area contributed by atoms with Gasteiger partial charge in [0.25, 0.3) is 0 Å². The van der Waals surface area contributed by atoms with E-state index in [4.69, 9.17) is 22.8 Å². The molecule has 0 heterocycles. The van der Waals surface area contributed by atoms with Crippen LogP contribution in [0.25, 0.3) is 32.7 Å². The summed E-state index contributed by atoms with van der Waals surface area (Å²) in [6.45, 7) is 0. The van der Waals surface area contributed by atoms with E-state index in [1.165, 1.54) is 5.56 Å². The number of ether oxygens (including phenoxy) is 2. The molecule has 178 valence electrons. The van der Waals surface area contributed by atoms with Crippen molar-refractivity contribution >= 4 is 30.3 Å². The molecule has 0 bridgehead atoms. The molecule has 0 atom stereocenters. The van der Waals surface area contributed by atoms with Gasteiger partial charge in [0.15, 0.2) is 0 Å². The molecule has 0 aromatic heterocycles. The van der Waals surface area contributed by atoms with Crippen LogP contribution in [-0.4, -0.2) is 44.4 Å². The summed E-state index contributed by atoms with van der Waals surface area (Å²) in [5, 5.41) is 4.59. The van der Waals surface area contributed by atoms with Gasteiger partial charge in [0, 0.05) is 38.5 Å². The molecule has 0 aliphatic heterocycles. The van der Waals surface area contributed by atoms with E-state index in [9.17, 15) is 0 Å². The van der Waals surface area contributed by atoms with E-state index >= 15 is 0 Å². The van der Waals surface area contributed by atoms with Gasteiger partial charge in [-0.15, -0.1) is 0 Å². The quantitative estimate of drug-likeness (QED) is 0.245. The molecule has 0 amide bonds. The Morgan fingerprint density at radius 1 is 0.618 bits per heavy atom. The van der Waals surface area contributed by atoms with Crippen LogP contribution in [0, 0.1) is 0 Å². The number of hydrogen-bond acceptors (Lipinski definition) is 5. The highest BCUT2D eigenvalue weighted by Gasteiger charge is 2.36. The molecule has 0 saturated carbocycles. The molecule has 0 aliphatic carbocycles. The first-order valence-electron chi connectivity index (χ1n) is 11.4. The van der Waals surface area contributed by atoms with Crippen LogP contribution in [0.1, 0.15) is 12.0 Å². The Hall–Kier alpha value is -2.90. The third-order valence-electron chi connectivity index (χ3n) is 6.51. The van der Waals surface area contributed by atoms with Gasteiger partial charge in [0.2, 0.25) is 0 Å². The standard InChI is InChI=1S/C28H32O5Si/c1-29-25-16-13-21-10-6-7-11-23(21)27(25)28-24-15-12-20(19-22(24)14-17-26(28)30-2)9-8-18-34(31-3,32-4)33-5/h6-7,10-17,19H,8-9,18H2,1-5H3. The van der Waals surface area contributed by atoms with E-state index in [-0.39, 0.29) is 0 Å². The van der Waals surface area contributed by atoms with Crippen molar-refractivity contribution in [3.63, 3.8) is 0 Å². The SMILES string of the molecule is COc1ccc2ccccc2c1-c1c(OC)ccc2cc(CCC[Si](OC)(OC)OC)ccc12. The average molecular weight is 477 g/mol. The van der Waals surface area contributed by atoms with Crippen LogP contribution < -0.4 is 9.47 Å². The smallest absolute Gasteiger partial charge is 0.496 e. The van der Waals surface area contributed by atoms with Crippen molar-refractivity contribution in [2.24, 2.45) is 0 Å². The molecule has 34 heavy (non-hydrogen) atoms. The Labute approximate surface area is 202 Å². The minimum Gasteiger partial charge on any atom is -0.496 e. The van der Waals surface area contributed by atoms with Gasteiger partial charge in [-0.25, -0.2) is 0 Å². The molecule has 4 rings (SSSR count). The zero-order valence-corrected chi connectivity index (χ0v) is 21.5. The van der Waals surface area contributed by atoms with Crippen molar-refractivity contribution in [3.8, 4) is 22.6 Å². The molecule has 0 saturated heterocycles. The van der Waals surface area contributed by atoms with Gasteiger partial charge in [0.1, 0.15) is 11.5 Å². The first-order valence-corrected chi connectivity index (χ1v) is 13.3. The van der Waals surface area contributed by atoms with E-state index < -0.39 is 8.80 Å². The maximum atomic E-state index is 5.83. The molecule has 0 unspecified atom stereocenters. The summed E-state index contributed by atoms with van der Waals surface area (Å²) in [6, 6.07) is 24.1. The van der Waals surface area contributed by atoms with Gasteiger partial charge >= 0.3 is 8.80 Å². The van der Waals surface area contributed by atoms with E-state index in [0.717, 1.165) is 63.1 Å². The van der Waals surface area contributed by atoms with Gasteiger partial charge in [-0.2, -0.15) is 0 Å². The van der Waals surface area contributed by atoms with Gasteiger partial charge in [-0.3, -0.25) is 0 Å². The van der Waals surface area contributed by atoms with Crippen molar-refractivity contribution in [1.29, 1.82) is 0 Å². The van der Waals surface area contributed by atoms with E-state index in [0.29, 0.717) is 0 Å². The summed E-state index contributed by atoms with van der Waals surface area (Å²) in [5.74, 6) is 1.65. The number of methoxy groups -OCH3 is 2. The van der Waals surface area contributed by atoms with Crippen LogP contribution in [0.4, 0.5) is 0 Å². The third kappa shape index (κ3) is 4.54. The van der Waals surface area contributed by atoms with Crippen molar-refractivity contribution in [2.75, 3.05) is 35.5 Å². The normalized spacial score (nSPS) is 11.8. The molecule has 0 spiro atoms. The van der Waals surface area contributed by atoms with Crippen LogP contribution in [0.15, 0.2) is 66.7 Å². The topological polar surface area (TPSA) is 46.2 Å². The van der Waals surface area contributed by atoms with Crippen LogP contribution >= 0.6 is 0 Å². The van der Waals surface area contributed by atoms with Crippen molar-refractivity contribution in [1.82, 2.24) is 0 Å². The fourth-order valence-corrected chi connectivity index (χ4v) is 6.41. The zero-order valence-electron chi connectivity index (χ0n) is 20.5. The average Bonchev–Trinajstić information content (AvgIpc) is 2.90. The van der Waals surface area contributed by atoms with E-state index in [2.05, 4.69) is 54.6 Å². The summed E-state index contributed by atoms with van der Waals surface area (Å²) >= 11 is 0. The lowest BCUT2D eigenvalue weighted by Gasteiger charge is -2.24. The maximum Gasteiger partial charge on any atom is 0.500 e. The highest BCUT2D eigenvalue weighted by atomic mass is 28.4. The van der Waals surface area contributed by atoms with Crippen LogP contribution in [0.3, 0.4) is 0 Å². The maximum absolute atomic E-state index is 5.83. The number of benzene rings is 4. The van der Waals surface area contributed by atoms with Gasteiger partial charge in [-0.1, -0.05) is 54.6 Å². The second-order valence-corrected chi connectivity index (χ2v) is 11.3. The molecule has 0 N–H and O–H groups in total. The minimum absolute atomic E-state index is 0.773. The summed E-state index contributed by atoms with van der Waals surface area (Å²) in [5.41, 5.74) is 3.36. The fraction of sp³-hybridized carbons (Fsp3) is 0.286. The van der Waals surface area contributed by atoms with Crippen LogP contribution in [0.2, 0.25) is 6.04 Å². The third-order valence-corrected chi connectivity index (χ3v) is 9.34. The summed E-state index contributed by atoms with van der Waals surface area (Å²) in [6.07, 6.45) is 1.84. The predicted molar refractivity (Wildman–Crippen MR) is 140 cm³/mol. The number of rotatable bonds is 10. The number of hydrogen-bond donors (Lipinski definition) is 0. The molecule has 0 radical (unpaired) electrons. The van der Waals surface area contributed by atoms with Gasteiger partial charge in [-0.05, 0) is 52.1 Å². The van der Waals surface area contributed by atoms with Crippen molar-refractivity contribution in [2.45, 2.75) is 18.9 Å². The van der Waals surface area contributed by atoms with E-state index in [1.54, 1.807) is 35.5 Å². The number of aryl methyl sites for hydroxylation is 1. The molecule has 0 aliphatic rings. The minimum atomic E-state index is -2.56. The van der Waals surface area contributed by atoms with Gasteiger partial charge in [0.05, 0.1) is 14.2 Å². The fourth-order valence-electron chi connectivity index (χ4n) is 4.69. The molecule has 4 aromatic rings. The predicted octanol–water partition coefficient (Wildman–Crippen LogP) is 6.49. The largest absolute Gasteiger partial charge is 0.500 e. The lowest BCUT2D eigenvalue weighted by atomic mass is 9.91. The molecule has 5 nitrogen and oxygen atoms in total. The number of fused-ring (bicyclic) bond motifs is 2. The first-order chi connectivity index (χ1) is 16.6.